The van der Waals surface area contributed by atoms with Gasteiger partial charge in [-0.05, 0) is 48.5 Å². The molecule has 0 spiro atoms. The summed E-state index contributed by atoms with van der Waals surface area (Å²) in [6.45, 7) is 0. The number of aromatic nitrogens is 4. The fourth-order valence-electron chi connectivity index (χ4n) is 2.67. The van der Waals surface area contributed by atoms with Crippen LogP contribution in [0.15, 0.2) is 72.8 Å². The Bertz CT molecular complexity index is 1510. The number of carbonyl (C=O) groups is 8. The number of pyridine rings is 4. The molecule has 22 N–H and O–H groups in total. The van der Waals surface area contributed by atoms with E-state index in [0.29, 0.717) is 0 Å². The maximum Gasteiger partial charge on any atom is 2.00 e. The molecule has 0 aliphatic rings. The smallest absolute Gasteiger partial charge is 0.543 e. The van der Waals surface area contributed by atoms with Crippen LogP contribution in [0, 0.1) is 0 Å². The maximum absolute atomic E-state index is 10.3. The van der Waals surface area contributed by atoms with Gasteiger partial charge in [-0.1, -0.05) is 24.3 Å². The molecule has 28 heteroatoms. The van der Waals surface area contributed by atoms with Gasteiger partial charge in [0.15, 0.2) is 0 Å². The summed E-state index contributed by atoms with van der Waals surface area (Å²) in [7, 11) is 0. The topological polar surface area (TPSA) is 559 Å². The van der Waals surface area contributed by atoms with Gasteiger partial charge >= 0.3 is 78.5 Å². The Morgan fingerprint density at radius 3 is 0.571 bits per heavy atom. The van der Waals surface area contributed by atoms with E-state index in [0.717, 1.165) is 24.3 Å². The first-order valence-electron chi connectivity index (χ1n) is 12.1. The molecule has 296 valence electrons. The van der Waals surface area contributed by atoms with Crippen LogP contribution in [0.25, 0.3) is 0 Å². The molecule has 0 bridgehead atoms. The van der Waals surface area contributed by atoms with Crippen molar-refractivity contribution in [3.63, 3.8) is 0 Å². The van der Waals surface area contributed by atoms with Crippen LogP contribution in [0.1, 0.15) is 83.9 Å². The summed E-state index contributed by atoms with van der Waals surface area (Å²) in [6, 6.07) is 14.7. The van der Waals surface area contributed by atoms with Crippen molar-refractivity contribution in [3.05, 3.63) is 118 Å². The van der Waals surface area contributed by atoms with Gasteiger partial charge in [0.2, 0.25) is 0 Å². The Kier molecular flexibility index (Phi) is 40.7. The minimum atomic E-state index is -1.52. The molecule has 56 heavy (non-hydrogen) atoms. The van der Waals surface area contributed by atoms with Gasteiger partial charge in [0.05, 0.1) is 46.7 Å². The van der Waals surface area contributed by atoms with E-state index in [1.807, 2.05) is 0 Å². The van der Waals surface area contributed by atoms with Crippen molar-refractivity contribution in [1.82, 2.24) is 19.9 Å². The van der Waals surface area contributed by atoms with Gasteiger partial charge in [0, 0.05) is 0 Å². The standard InChI is InChI=1S/4C7H5NO4.2Cd.6H2O/c4*9-6(10)4-2-1-3-5(8-4)7(11)12;;;;;;;;/h4*1-3H,(H,9,10)(H,11,12);;;6*1H2/q;;;;2*+2;;;;;;/p+2. The van der Waals surface area contributed by atoms with Crippen molar-refractivity contribution in [1.29, 1.82) is 0 Å². The molecule has 0 amide bonds. The van der Waals surface area contributed by atoms with E-state index in [9.17, 15) is 58.8 Å². The van der Waals surface area contributed by atoms with E-state index >= 15 is 0 Å². The zero-order valence-electron chi connectivity index (χ0n) is 28.3. The second kappa shape index (κ2) is 33.5. The zero-order chi connectivity index (χ0) is 36.6. The van der Waals surface area contributed by atoms with Crippen LogP contribution in [0.3, 0.4) is 0 Å². The predicted octanol–water partition coefficient (Wildman–Crippen LogP) is -8.96. The van der Waals surface area contributed by atoms with E-state index in [-0.39, 0.29) is 110 Å². The Morgan fingerprint density at radius 2 is 0.446 bits per heavy atom. The number of carbonyl (C=O) groups excluding carboxylic acids is 4. The third kappa shape index (κ3) is 24.3. The largest absolute Gasteiger partial charge is 2.00 e. The molecule has 0 fully saturated rings. The van der Waals surface area contributed by atoms with Crippen LogP contribution in [0.4, 0.5) is 0 Å². The van der Waals surface area contributed by atoms with Crippen molar-refractivity contribution in [3.8, 4) is 0 Å². The Labute approximate surface area is 351 Å². The second-order valence-electron chi connectivity index (χ2n) is 8.00. The van der Waals surface area contributed by atoms with E-state index < -0.39 is 70.5 Å². The minimum absolute atomic E-state index is 0. The number of aromatic carboxylic acids is 8. The van der Waals surface area contributed by atoms with Crippen molar-refractivity contribution in [2.45, 2.75) is 0 Å². The summed E-state index contributed by atoms with van der Waals surface area (Å²) < 4.78 is 0. The molecule has 4 heterocycles. The van der Waals surface area contributed by atoms with E-state index in [2.05, 4.69) is 19.9 Å². The molecule has 0 saturated heterocycles. The van der Waals surface area contributed by atoms with Gasteiger partial charge in [-0.15, -0.1) is 0 Å². The van der Waals surface area contributed by atoms with Crippen molar-refractivity contribution in [2.75, 3.05) is 0 Å². The monoisotopic (exact) mass is 1010 g/mol. The van der Waals surface area contributed by atoms with Crippen LogP contribution < -0.4 is 20.4 Å². The molecular weight excluding hydrogens is 969 g/mol. The first-order valence-corrected chi connectivity index (χ1v) is 12.1. The summed E-state index contributed by atoms with van der Waals surface area (Å²) in [6.07, 6.45) is 0. The fourth-order valence-corrected chi connectivity index (χ4v) is 2.67. The van der Waals surface area contributed by atoms with Gasteiger partial charge in [-0.25, -0.2) is 39.1 Å². The van der Waals surface area contributed by atoms with Gasteiger partial charge in [-0.3, -0.25) is 0 Å². The average molecular weight is 1000 g/mol. The number of carboxylic acid groups (broad SMARTS) is 8. The van der Waals surface area contributed by atoms with Crippen LogP contribution in [-0.4, -0.2) is 88.1 Å². The van der Waals surface area contributed by atoms with E-state index in [1.54, 1.807) is 0 Å². The molecule has 0 aliphatic carbocycles. The van der Waals surface area contributed by atoms with Crippen molar-refractivity contribution < 1.29 is 167 Å². The Morgan fingerprint density at radius 1 is 0.321 bits per heavy atom. The molecule has 0 saturated carbocycles. The first kappa shape index (κ1) is 68.0. The van der Waals surface area contributed by atoms with Gasteiger partial charge in [-0.2, -0.15) is 0 Å². The Hall–Kier alpha value is -6.04. The van der Waals surface area contributed by atoms with Crippen LogP contribution in [-0.2, 0) is 87.5 Å². The number of hydrogen-bond donors (Lipinski definition) is 4. The van der Waals surface area contributed by atoms with Gasteiger partial charge in [0.1, 0.15) is 22.8 Å². The summed E-state index contributed by atoms with van der Waals surface area (Å²) in [5.41, 5.74) is -2.75. The molecular formula is C28H34Cd2N4O22+6. The molecule has 4 aromatic rings. The summed E-state index contributed by atoms with van der Waals surface area (Å²) in [5.74, 6) is -11.0. The summed E-state index contributed by atoms with van der Waals surface area (Å²) in [5, 5.41) is 74.5. The average Bonchev–Trinajstić information content (AvgIpc) is 3.05. The maximum atomic E-state index is 10.3. The van der Waals surface area contributed by atoms with E-state index in [1.165, 1.54) is 48.5 Å². The van der Waals surface area contributed by atoms with Crippen molar-refractivity contribution in [2.24, 2.45) is 0 Å². The molecule has 0 aliphatic heterocycles. The molecule has 26 nitrogen and oxygen atoms in total. The number of hydrogen-bond acceptors (Lipinski definition) is 16. The molecule has 0 unspecified atom stereocenters. The Balaban J connectivity index is -0.0000000873. The summed E-state index contributed by atoms with van der Waals surface area (Å²) >= 11 is 0. The van der Waals surface area contributed by atoms with Crippen molar-refractivity contribution >= 4 is 47.8 Å². The number of nitrogens with zero attached hydrogens (tertiary/aromatic N) is 4. The van der Waals surface area contributed by atoms with Gasteiger partial charge < -0.3 is 92.9 Å². The molecule has 4 aromatic heterocycles. The second-order valence-corrected chi connectivity index (χ2v) is 8.00. The third-order valence-electron chi connectivity index (χ3n) is 4.71. The quantitative estimate of drug-likeness (QED) is 0.0940. The molecule has 0 atom stereocenters. The normalized spacial score (nSPS) is 8.00. The molecule has 0 aromatic carbocycles. The zero-order valence-corrected chi connectivity index (χ0v) is 36.4. The molecule has 0 radical (unpaired) electrons. The van der Waals surface area contributed by atoms with Gasteiger partial charge in [0.25, 0.3) is 0 Å². The molecule has 4 rings (SSSR count). The van der Waals surface area contributed by atoms with Crippen LogP contribution >= 0.6 is 0 Å². The summed E-state index contributed by atoms with van der Waals surface area (Å²) in [4.78, 5) is 95.3. The fraction of sp³-hybridized carbons (Fsp3) is 0. The third-order valence-corrected chi connectivity index (χ3v) is 4.71. The van der Waals surface area contributed by atoms with E-state index in [4.69, 9.17) is 20.4 Å². The van der Waals surface area contributed by atoms with Crippen LogP contribution in [0.5, 0.6) is 0 Å². The minimum Gasteiger partial charge on any atom is -0.543 e. The number of rotatable bonds is 8. The SMILES string of the molecule is O=C(O)c1cccc(C(=O)O)n1.O=C(O)c1cccc(C(=O)O)n1.O=C([O-])c1cccc(C(=O)[O-])n1.O=C([O-])c1cccc(C(=O)[O-])n1.[Cd+2].[Cd+2].[OH3+].[OH3+].[OH3+].[OH3+].[OH3+].[OH3+]. The first-order chi connectivity index (χ1) is 22.4. The number of carboxylic acids is 8. The van der Waals surface area contributed by atoms with Crippen LogP contribution in [0.2, 0.25) is 0 Å². The predicted molar refractivity (Wildman–Crippen MR) is 171 cm³/mol.